The van der Waals surface area contributed by atoms with Gasteiger partial charge in [0.25, 0.3) is 0 Å². The van der Waals surface area contributed by atoms with E-state index in [-0.39, 0.29) is 18.1 Å². The molecule has 17 heavy (non-hydrogen) atoms. The number of hydrogen-bond donors (Lipinski definition) is 2. The van der Waals surface area contributed by atoms with Crippen molar-refractivity contribution in [2.24, 2.45) is 0 Å². The minimum absolute atomic E-state index is 0.0894. The van der Waals surface area contributed by atoms with Crippen molar-refractivity contribution in [2.45, 2.75) is 25.0 Å². The second-order valence-corrected chi connectivity index (χ2v) is 4.72. The first-order valence-electron chi connectivity index (χ1n) is 6.06. The van der Waals surface area contributed by atoms with Gasteiger partial charge in [-0.3, -0.25) is 4.79 Å². The lowest BCUT2D eigenvalue weighted by atomic mass is 10.1. The van der Waals surface area contributed by atoms with E-state index in [1.54, 1.807) is 0 Å². The summed E-state index contributed by atoms with van der Waals surface area (Å²) in [6.07, 6.45) is 1.07. The van der Waals surface area contributed by atoms with E-state index in [2.05, 4.69) is 11.4 Å². The zero-order chi connectivity index (χ0) is 11.8. The number of amides is 1. The number of aliphatic hydroxyl groups excluding tert-OH is 1. The molecule has 4 nitrogen and oxygen atoms in total. The maximum atomic E-state index is 12.3. The number of nitrogens with one attached hydrogen (secondary N) is 1. The molecule has 2 aliphatic heterocycles. The molecule has 1 saturated heterocycles. The molecule has 0 aromatic heterocycles. The Labute approximate surface area is 100 Å². The summed E-state index contributed by atoms with van der Waals surface area (Å²) in [6.45, 7) is 1.28. The summed E-state index contributed by atoms with van der Waals surface area (Å²) in [7, 11) is 0. The van der Waals surface area contributed by atoms with E-state index in [4.69, 9.17) is 0 Å². The average molecular weight is 232 g/mol. The van der Waals surface area contributed by atoms with Crippen molar-refractivity contribution in [3.63, 3.8) is 0 Å². The number of rotatable bonds is 1. The van der Waals surface area contributed by atoms with Gasteiger partial charge in [-0.05, 0) is 24.5 Å². The van der Waals surface area contributed by atoms with E-state index in [9.17, 15) is 9.90 Å². The molecule has 2 atom stereocenters. The Hall–Kier alpha value is -1.39. The van der Waals surface area contributed by atoms with Crippen molar-refractivity contribution in [2.75, 3.05) is 18.0 Å². The minimum Gasteiger partial charge on any atom is -0.392 e. The molecule has 0 saturated carbocycles. The number of fused-ring (bicyclic) bond motifs is 1. The number of carbonyl (C=O) groups excluding carboxylic acids is 1. The van der Waals surface area contributed by atoms with Crippen LogP contribution in [0.3, 0.4) is 0 Å². The fourth-order valence-electron chi connectivity index (χ4n) is 2.66. The van der Waals surface area contributed by atoms with Crippen LogP contribution in [0.1, 0.15) is 12.0 Å². The van der Waals surface area contributed by atoms with Crippen LogP contribution in [-0.4, -0.2) is 36.2 Å². The monoisotopic (exact) mass is 232 g/mol. The number of hydrogen-bond acceptors (Lipinski definition) is 3. The summed E-state index contributed by atoms with van der Waals surface area (Å²) in [5.41, 5.74) is 2.26. The first-order chi connectivity index (χ1) is 8.25. The van der Waals surface area contributed by atoms with Gasteiger partial charge in [0.05, 0.1) is 12.1 Å². The molecule has 0 bridgehead atoms. The van der Waals surface area contributed by atoms with Crippen molar-refractivity contribution in [3.8, 4) is 0 Å². The summed E-state index contributed by atoms with van der Waals surface area (Å²) in [5, 5.41) is 12.5. The lowest BCUT2D eigenvalue weighted by Crippen LogP contribution is -2.42. The Morgan fingerprint density at radius 3 is 3.00 bits per heavy atom. The molecule has 0 spiro atoms. The zero-order valence-electron chi connectivity index (χ0n) is 9.60. The van der Waals surface area contributed by atoms with Gasteiger partial charge in [-0.25, -0.2) is 0 Å². The fraction of sp³-hybridized carbons (Fsp3) is 0.462. The van der Waals surface area contributed by atoms with E-state index in [0.717, 1.165) is 18.7 Å². The number of β-amino-alcohol motifs (C(OH)–C–C–N with tert-alkyl or cyclic N) is 1. The van der Waals surface area contributed by atoms with E-state index in [1.807, 2.05) is 23.1 Å². The van der Waals surface area contributed by atoms with Crippen LogP contribution in [0.4, 0.5) is 5.69 Å². The molecule has 0 aliphatic carbocycles. The standard InChI is InChI=1S/C13H16N2O2/c16-10-7-11(14-8-10)13(17)15-6-5-9-3-1-2-4-12(9)15/h1-4,10-11,14,16H,5-8H2/t10-,11+/m0/s1. The van der Waals surface area contributed by atoms with Gasteiger partial charge in [0, 0.05) is 18.8 Å². The lowest BCUT2D eigenvalue weighted by Gasteiger charge is -2.21. The van der Waals surface area contributed by atoms with E-state index in [1.165, 1.54) is 5.56 Å². The molecular weight excluding hydrogens is 216 g/mol. The first-order valence-corrected chi connectivity index (χ1v) is 6.06. The highest BCUT2D eigenvalue weighted by Crippen LogP contribution is 2.28. The van der Waals surface area contributed by atoms with Gasteiger partial charge in [0.1, 0.15) is 0 Å². The number of aliphatic hydroxyl groups is 1. The highest BCUT2D eigenvalue weighted by Gasteiger charge is 2.34. The maximum Gasteiger partial charge on any atom is 0.244 e. The van der Waals surface area contributed by atoms with Gasteiger partial charge in [-0.15, -0.1) is 0 Å². The van der Waals surface area contributed by atoms with Crippen LogP contribution in [-0.2, 0) is 11.2 Å². The molecule has 0 unspecified atom stereocenters. The number of nitrogens with zero attached hydrogens (tertiary/aromatic N) is 1. The van der Waals surface area contributed by atoms with Gasteiger partial charge in [-0.2, -0.15) is 0 Å². The predicted molar refractivity (Wildman–Crippen MR) is 64.9 cm³/mol. The van der Waals surface area contributed by atoms with Crippen LogP contribution in [0.15, 0.2) is 24.3 Å². The summed E-state index contributed by atoms with van der Waals surface area (Å²) in [5.74, 6) is 0.0894. The normalized spacial score (nSPS) is 27.2. The van der Waals surface area contributed by atoms with Crippen LogP contribution in [0.2, 0.25) is 0 Å². The van der Waals surface area contributed by atoms with Gasteiger partial charge in [0.2, 0.25) is 5.91 Å². The molecule has 0 radical (unpaired) electrons. The van der Waals surface area contributed by atoms with Gasteiger partial charge >= 0.3 is 0 Å². The summed E-state index contributed by atoms with van der Waals surface area (Å²) in [6, 6.07) is 7.80. The van der Waals surface area contributed by atoms with Crippen LogP contribution in [0.5, 0.6) is 0 Å². The van der Waals surface area contributed by atoms with Gasteiger partial charge in [-0.1, -0.05) is 18.2 Å². The highest BCUT2D eigenvalue weighted by atomic mass is 16.3. The SMILES string of the molecule is O=C([C@H]1C[C@H](O)CN1)N1CCc2ccccc21. The molecule has 1 fully saturated rings. The third-order valence-electron chi connectivity index (χ3n) is 3.56. The van der Waals surface area contributed by atoms with E-state index < -0.39 is 0 Å². The number of carbonyl (C=O) groups is 1. The highest BCUT2D eigenvalue weighted by molar-refractivity contribution is 5.99. The van der Waals surface area contributed by atoms with Crippen molar-refractivity contribution < 1.29 is 9.90 Å². The number of benzene rings is 1. The summed E-state index contributed by atoms with van der Waals surface area (Å²) < 4.78 is 0. The van der Waals surface area contributed by atoms with E-state index in [0.29, 0.717) is 13.0 Å². The first kappa shape index (κ1) is 10.7. The zero-order valence-corrected chi connectivity index (χ0v) is 9.60. The van der Waals surface area contributed by atoms with Crippen LogP contribution in [0.25, 0.3) is 0 Å². The topological polar surface area (TPSA) is 52.6 Å². The van der Waals surface area contributed by atoms with Crippen molar-refractivity contribution in [3.05, 3.63) is 29.8 Å². The Balaban J connectivity index is 1.80. The fourth-order valence-corrected chi connectivity index (χ4v) is 2.66. The van der Waals surface area contributed by atoms with E-state index >= 15 is 0 Å². The lowest BCUT2D eigenvalue weighted by molar-refractivity contribution is -0.120. The van der Waals surface area contributed by atoms with Crippen molar-refractivity contribution >= 4 is 11.6 Å². The largest absolute Gasteiger partial charge is 0.392 e. The average Bonchev–Trinajstić information content (AvgIpc) is 2.94. The van der Waals surface area contributed by atoms with Crippen LogP contribution in [0, 0.1) is 0 Å². The molecule has 4 heteroatoms. The Morgan fingerprint density at radius 2 is 2.24 bits per heavy atom. The smallest absolute Gasteiger partial charge is 0.244 e. The van der Waals surface area contributed by atoms with Gasteiger partial charge < -0.3 is 15.3 Å². The van der Waals surface area contributed by atoms with Crippen LogP contribution < -0.4 is 10.2 Å². The Kier molecular flexibility index (Phi) is 2.61. The second kappa shape index (κ2) is 4.13. The summed E-state index contributed by atoms with van der Waals surface area (Å²) >= 11 is 0. The Bertz CT molecular complexity index is 447. The number of anilines is 1. The van der Waals surface area contributed by atoms with Gasteiger partial charge in [0.15, 0.2) is 0 Å². The minimum atomic E-state index is -0.387. The third-order valence-corrected chi connectivity index (χ3v) is 3.56. The molecule has 3 rings (SSSR count). The molecule has 2 aliphatic rings. The quantitative estimate of drug-likeness (QED) is 0.732. The molecule has 90 valence electrons. The van der Waals surface area contributed by atoms with Crippen LogP contribution >= 0.6 is 0 Å². The Morgan fingerprint density at radius 1 is 1.41 bits per heavy atom. The van der Waals surface area contributed by atoms with Crippen molar-refractivity contribution in [1.82, 2.24) is 5.32 Å². The third kappa shape index (κ3) is 1.83. The molecule has 1 amide bonds. The molecule has 2 N–H and O–H groups in total. The second-order valence-electron chi connectivity index (χ2n) is 4.72. The van der Waals surface area contributed by atoms with Crippen molar-refractivity contribution in [1.29, 1.82) is 0 Å². The molecule has 1 aromatic carbocycles. The number of para-hydroxylation sites is 1. The molecule has 1 aromatic rings. The molecular formula is C13H16N2O2. The maximum absolute atomic E-state index is 12.3. The summed E-state index contributed by atoms with van der Waals surface area (Å²) in [4.78, 5) is 14.1. The predicted octanol–water partition coefficient (Wildman–Crippen LogP) is 0.298. The molecule has 2 heterocycles.